The van der Waals surface area contributed by atoms with E-state index in [0.29, 0.717) is 0 Å². The van der Waals surface area contributed by atoms with Crippen molar-refractivity contribution in [2.75, 3.05) is 0 Å². The summed E-state index contributed by atoms with van der Waals surface area (Å²) in [6.07, 6.45) is 1.95. The molecule has 0 bridgehead atoms. The van der Waals surface area contributed by atoms with Crippen molar-refractivity contribution in [1.82, 2.24) is 10.3 Å². The molecule has 2 aromatic heterocycles. The Morgan fingerprint density at radius 1 is 1.28 bits per heavy atom. The summed E-state index contributed by atoms with van der Waals surface area (Å²) < 4.78 is 1.28. The summed E-state index contributed by atoms with van der Waals surface area (Å²) in [4.78, 5) is 4.48. The summed E-state index contributed by atoms with van der Waals surface area (Å²) in [6, 6.07) is 8.41. The van der Waals surface area contributed by atoms with Crippen molar-refractivity contribution in [3.63, 3.8) is 0 Å². The van der Waals surface area contributed by atoms with Gasteiger partial charge >= 0.3 is 0 Å². The fourth-order valence-corrected chi connectivity index (χ4v) is 3.03. The highest BCUT2D eigenvalue weighted by atomic mass is 32.2. The molecule has 0 amide bonds. The van der Waals surface area contributed by atoms with Crippen LogP contribution in [-0.2, 0) is 6.54 Å². The molecule has 0 saturated heterocycles. The average molecular weight is 278 g/mol. The summed E-state index contributed by atoms with van der Waals surface area (Å²) in [5.41, 5.74) is 1.37. The maximum atomic E-state index is 4.48. The number of hydrogen-bond acceptors (Lipinski definition) is 4. The molecule has 2 rings (SSSR count). The van der Waals surface area contributed by atoms with Crippen LogP contribution in [-0.4, -0.2) is 10.5 Å². The highest BCUT2D eigenvalue weighted by molar-refractivity contribution is 8.01. The van der Waals surface area contributed by atoms with Crippen LogP contribution in [0.5, 0.6) is 0 Å². The zero-order chi connectivity index (χ0) is 13.0. The average Bonchev–Trinajstić information content (AvgIpc) is 2.80. The minimum atomic E-state index is 0.143. The molecule has 2 heterocycles. The van der Waals surface area contributed by atoms with Crippen LogP contribution in [0, 0.1) is 0 Å². The molecular weight excluding hydrogens is 260 g/mol. The van der Waals surface area contributed by atoms with Crippen molar-refractivity contribution >= 4 is 23.1 Å². The lowest BCUT2D eigenvalue weighted by atomic mass is 10.1. The van der Waals surface area contributed by atoms with Gasteiger partial charge in [-0.25, -0.2) is 4.98 Å². The first kappa shape index (κ1) is 13.6. The molecule has 0 radical (unpaired) electrons. The largest absolute Gasteiger partial charge is 0.308 e. The van der Waals surface area contributed by atoms with Gasteiger partial charge in [-0.05, 0) is 43.8 Å². The molecule has 4 heteroatoms. The van der Waals surface area contributed by atoms with Crippen molar-refractivity contribution in [2.45, 2.75) is 42.1 Å². The molecule has 1 N–H and O–H groups in total. The van der Waals surface area contributed by atoms with Crippen LogP contribution in [0.3, 0.4) is 0 Å². The minimum absolute atomic E-state index is 0.143. The van der Waals surface area contributed by atoms with Gasteiger partial charge < -0.3 is 5.32 Å². The Morgan fingerprint density at radius 3 is 2.67 bits per heavy atom. The van der Waals surface area contributed by atoms with Crippen LogP contribution in [0.4, 0.5) is 0 Å². The van der Waals surface area contributed by atoms with Gasteiger partial charge in [0.15, 0.2) is 0 Å². The van der Waals surface area contributed by atoms with E-state index < -0.39 is 0 Å². The highest BCUT2D eigenvalue weighted by Gasteiger charge is 2.08. The number of nitrogens with zero attached hydrogens (tertiary/aromatic N) is 1. The van der Waals surface area contributed by atoms with Gasteiger partial charge in [0.1, 0.15) is 5.03 Å². The maximum absolute atomic E-state index is 4.48. The molecule has 0 fully saturated rings. The first-order chi connectivity index (χ1) is 8.53. The van der Waals surface area contributed by atoms with Crippen molar-refractivity contribution in [2.24, 2.45) is 0 Å². The maximum Gasteiger partial charge on any atom is 0.101 e. The molecular formula is C14H18N2S2. The number of rotatable bonds is 4. The standard InChI is InChI=1S/C14H18N2S2/c1-14(2,3)16-10-11-6-7-12(15-9-11)18-13-5-4-8-17-13/h4-9,16H,10H2,1-3H3. The van der Waals surface area contributed by atoms with Crippen molar-refractivity contribution in [3.8, 4) is 0 Å². The van der Waals surface area contributed by atoms with Gasteiger partial charge in [0.25, 0.3) is 0 Å². The van der Waals surface area contributed by atoms with E-state index in [4.69, 9.17) is 0 Å². The van der Waals surface area contributed by atoms with E-state index in [0.717, 1.165) is 11.6 Å². The number of pyridine rings is 1. The molecule has 0 aromatic carbocycles. The van der Waals surface area contributed by atoms with Gasteiger partial charge in [-0.15, -0.1) is 11.3 Å². The van der Waals surface area contributed by atoms with Crippen molar-refractivity contribution in [3.05, 3.63) is 41.4 Å². The lowest BCUT2D eigenvalue weighted by Gasteiger charge is -2.20. The molecule has 0 unspecified atom stereocenters. The predicted molar refractivity (Wildman–Crippen MR) is 79.3 cm³/mol. The van der Waals surface area contributed by atoms with Crippen LogP contribution < -0.4 is 5.32 Å². The summed E-state index contributed by atoms with van der Waals surface area (Å²) in [6.45, 7) is 7.37. The van der Waals surface area contributed by atoms with E-state index in [1.807, 2.05) is 6.20 Å². The van der Waals surface area contributed by atoms with E-state index in [9.17, 15) is 0 Å². The fraction of sp³-hybridized carbons (Fsp3) is 0.357. The van der Waals surface area contributed by atoms with E-state index >= 15 is 0 Å². The summed E-state index contributed by atoms with van der Waals surface area (Å²) in [5, 5.41) is 6.60. The first-order valence-electron chi connectivity index (χ1n) is 5.94. The second-order valence-electron chi connectivity index (χ2n) is 5.14. The lowest BCUT2D eigenvalue weighted by Crippen LogP contribution is -2.35. The summed E-state index contributed by atoms with van der Waals surface area (Å²) >= 11 is 3.46. The highest BCUT2D eigenvalue weighted by Crippen LogP contribution is 2.29. The molecule has 0 aliphatic carbocycles. The second kappa shape index (κ2) is 5.87. The predicted octanol–water partition coefficient (Wildman–Crippen LogP) is 4.18. The Hall–Kier alpha value is -0.840. The van der Waals surface area contributed by atoms with Crippen molar-refractivity contribution in [1.29, 1.82) is 0 Å². The topological polar surface area (TPSA) is 24.9 Å². The molecule has 0 aliphatic heterocycles. The van der Waals surface area contributed by atoms with Gasteiger partial charge in [-0.2, -0.15) is 0 Å². The van der Waals surface area contributed by atoms with Crippen molar-refractivity contribution < 1.29 is 0 Å². The van der Waals surface area contributed by atoms with Crippen LogP contribution >= 0.6 is 23.1 Å². The van der Waals surface area contributed by atoms with E-state index in [-0.39, 0.29) is 5.54 Å². The Kier molecular flexibility index (Phi) is 4.43. The second-order valence-corrected chi connectivity index (χ2v) is 7.41. The molecule has 0 saturated carbocycles. The molecule has 2 aromatic rings. The quantitative estimate of drug-likeness (QED) is 0.908. The third-order valence-corrected chi connectivity index (χ3v) is 4.31. The van der Waals surface area contributed by atoms with Crippen LogP contribution in [0.15, 0.2) is 45.1 Å². The summed E-state index contributed by atoms with van der Waals surface area (Å²) in [7, 11) is 0. The van der Waals surface area contributed by atoms with Crippen LogP contribution in [0.1, 0.15) is 26.3 Å². The Balaban J connectivity index is 1.93. The number of hydrogen-bond donors (Lipinski definition) is 1. The molecule has 2 nitrogen and oxygen atoms in total. The van der Waals surface area contributed by atoms with E-state index in [1.165, 1.54) is 9.77 Å². The van der Waals surface area contributed by atoms with Crippen LogP contribution in [0.2, 0.25) is 0 Å². The first-order valence-corrected chi connectivity index (χ1v) is 7.64. The van der Waals surface area contributed by atoms with Gasteiger partial charge in [-0.1, -0.05) is 23.9 Å². The Labute approximate surface area is 117 Å². The smallest absolute Gasteiger partial charge is 0.101 e. The molecule has 0 spiro atoms. The number of thiophene rings is 1. The van der Waals surface area contributed by atoms with E-state index in [1.54, 1.807) is 23.1 Å². The number of aromatic nitrogens is 1. The lowest BCUT2D eigenvalue weighted by molar-refractivity contribution is 0.424. The van der Waals surface area contributed by atoms with Gasteiger partial charge in [0.05, 0.1) is 4.21 Å². The molecule has 96 valence electrons. The van der Waals surface area contributed by atoms with Crippen LogP contribution in [0.25, 0.3) is 0 Å². The molecule has 0 atom stereocenters. The SMILES string of the molecule is CC(C)(C)NCc1ccc(Sc2cccs2)nc1. The van der Waals surface area contributed by atoms with Gasteiger partial charge in [0, 0.05) is 18.3 Å². The zero-order valence-corrected chi connectivity index (χ0v) is 12.6. The zero-order valence-electron chi connectivity index (χ0n) is 10.9. The normalized spacial score (nSPS) is 11.7. The molecule has 18 heavy (non-hydrogen) atoms. The van der Waals surface area contributed by atoms with E-state index in [2.05, 4.69) is 60.7 Å². The van der Waals surface area contributed by atoms with Gasteiger partial charge in [0.2, 0.25) is 0 Å². The monoisotopic (exact) mass is 278 g/mol. The third kappa shape index (κ3) is 4.44. The third-order valence-electron chi connectivity index (χ3n) is 2.32. The Morgan fingerprint density at radius 2 is 2.11 bits per heavy atom. The molecule has 0 aliphatic rings. The number of nitrogens with one attached hydrogen (secondary N) is 1. The Bertz CT molecular complexity index is 469. The summed E-state index contributed by atoms with van der Waals surface area (Å²) in [5.74, 6) is 0. The van der Waals surface area contributed by atoms with Gasteiger partial charge in [-0.3, -0.25) is 0 Å². The minimum Gasteiger partial charge on any atom is -0.308 e. The fourth-order valence-electron chi connectivity index (χ4n) is 1.37.